The molecule has 1 saturated carbocycles. The largest absolute Gasteiger partial charge is 0.315 e. The van der Waals surface area contributed by atoms with Crippen molar-refractivity contribution in [1.82, 2.24) is 5.32 Å². The molecule has 1 aliphatic rings. The van der Waals surface area contributed by atoms with Crippen LogP contribution in [0.2, 0.25) is 0 Å². The van der Waals surface area contributed by atoms with Crippen molar-refractivity contribution < 1.29 is 8.42 Å². The predicted molar refractivity (Wildman–Crippen MR) is 68.4 cm³/mol. The van der Waals surface area contributed by atoms with E-state index in [1.807, 2.05) is 0 Å². The Labute approximate surface area is 99.9 Å². The summed E-state index contributed by atoms with van der Waals surface area (Å²) in [6, 6.07) is 0. The van der Waals surface area contributed by atoms with E-state index < -0.39 is 9.84 Å². The number of nitrogens with one attached hydrogen (secondary N) is 1. The van der Waals surface area contributed by atoms with Crippen molar-refractivity contribution in [2.75, 3.05) is 24.6 Å². The molecule has 1 N–H and O–H groups in total. The van der Waals surface area contributed by atoms with Gasteiger partial charge in [0.1, 0.15) is 0 Å². The van der Waals surface area contributed by atoms with Crippen molar-refractivity contribution in [3.63, 3.8) is 0 Å². The maximum atomic E-state index is 11.3. The average Bonchev–Trinajstić information content (AvgIpc) is 2.26. The number of sulfone groups is 1. The van der Waals surface area contributed by atoms with Crippen molar-refractivity contribution in [1.29, 1.82) is 0 Å². The Kier molecular flexibility index (Phi) is 5.25. The first-order valence-electron chi connectivity index (χ1n) is 6.39. The molecule has 0 radical (unpaired) electrons. The molecule has 1 aliphatic carbocycles. The Morgan fingerprint density at radius 1 is 1.19 bits per heavy atom. The molecule has 0 aromatic rings. The van der Waals surface area contributed by atoms with E-state index in [1.165, 1.54) is 32.1 Å². The summed E-state index contributed by atoms with van der Waals surface area (Å²) in [5.41, 5.74) is 0.397. The van der Waals surface area contributed by atoms with Gasteiger partial charge in [-0.25, -0.2) is 8.42 Å². The van der Waals surface area contributed by atoms with E-state index in [0.29, 0.717) is 12.0 Å². The SMILES string of the molecule is CCS(=O)(=O)CCNCC1(C)CCCCC1. The molecule has 0 unspecified atom stereocenters. The first kappa shape index (κ1) is 14.0. The van der Waals surface area contributed by atoms with Gasteiger partial charge in [-0.2, -0.15) is 0 Å². The third-order valence-electron chi connectivity index (χ3n) is 3.64. The van der Waals surface area contributed by atoms with Crippen LogP contribution >= 0.6 is 0 Å². The fourth-order valence-corrected chi connectivity index (χ4v) is 3.09. The molecule has 0 bridgehead atoms. The summed E-state index contributed by atoms with van der Waals surface area (Å²) in [5.74, 6) is 0.533. The summed E-state index contributed by atoms with van der Waals surface area (Å²) in [4.78, 5) is 0. The molecule has 0 heterocycles. The highest BCUT2D eigenvalue weighted by atomic mass is 32.2. The van der Waals surface area contributed by atoms with Crippen LogP contribution in [0.25, 0.3) is 0 Å². The lowest BCUT2D eigenvalue weighted by atomic mass is 9.76. The monoisotopic (exact) mass is 247 g/mol. The van der Waals surface area contributed by atoms with E-state index in [-0.39, 0.29) is 11.5 Å². The van der Waals surface area contributed by atoms with E-state index >= 15 is 0 Å². The smallest absolute Gasteiger partial charge is 0.151 e. The Balaban J connectivity index is 2.20. The Bertz CT molecular complexity index is 292. The Morgan fingerprint density at radius 2 is 1.81 bits per heavy atom. The second-order valence-electron chi connectivity index (χ2n) is 5.28. The highest BCUT2D eigenvalue weighted by Crippen LogP contribution is 2.34. The van der Waals surface area contributed by atoms with E-state index in [9.17, 15) is 8.42 Å². The highest BCUT2D eigenvalue weighted by Gasteiger charge is 2.26. The van der Waals surface area contributed by atoms with Crippen LogP contribution in [-0.2, 0) is 9.84 Å². The zero-order chi connectivity index (χ0) is 12.1. The molecule has 0 atom stereocenters. The van der Waals surface area contributed by atoms with E-state index in [4.69, 9.17) is 0 Å². The van der Waals surface area contributed by atoms with Gasteiger partial charge in [-0.1, -0.05) is 33.1 Å². The van der Waals surface area contributed by atoms with Crippen LogP contribution in [0.15, 0.2) is 0 Å². The van der Waals surface area contributed by atoms with Gasteiger partial charge in [0.05, 0.1) is 5.75 Å². The zero-order valence-corrected chi connectivity index (χ0v) is 11.4. The lowest BCUT2D eigenvalue weighted by molar-refractivity contribution is 0.209. The summed E-state index contributed by atoms with van der Waals surface area (Å²) in [5, 5.41) is 3.31. The molecule has 0 aromatic heterocycles. The van der Waals surface area contributed by atoms with Crippen molar-refractivity contribution in [2.24, 2.45) is 5.41 Å². The summed E-state index contributed by atoms with van der Waals surface area (Å²) in [6.45, 7) is 5.59. The maximum Gasteiger partial charge on any atom is 0.151 e. The normalized spacial score (nSPS) is 20.9. The van der Waals surface area contributed by atoms with Gasteiger partial charge < -0.3 is 5.32 Å². The second kappa shape index (κ2) is 6.01. The van der Waals surface area contributed by atoms with E-state index in [1.54, 1.807) is 6.92 Å². The summed E-state index contributed by atoms with van der Waals surface area (Å²) in [7, 11) is -2.80. The van der Waals surface area contributed by atoms with E-state index in [2.05, 4.69) is 12.2 Å². The lowest BCUT2D eigenvalue weighted by Crippen LogP contribution is -2.36. The molecule has 16 heavy (non-hydrogen) atoms. The van der Waals surface area contributed by atoms with Crippen molar-refractivity contribution in [3.05, 3.63) is 0 Å². The van der Waals surface area contributed by atoms with Crippen LogP contribution in [0.5, 0.6) is 0 Å². The third-order valence-corrected chi connectivity index (χ3v) is 5.35. The van der Waals surface area contributed by atoms with Gasteiger partial charge in [-0.05, 0) is 18.3 Å². The van der Waals surface area contributed by atoms with Crippen LogP contribution in [0, 0.1) is 5.41 Å². The molecule has 96 valence electrons. The molecule has 0 saturated heterocycles. The molecule has 0 amide bonds. The Hall–Kier alpha value is -0.0900. The number of hydrogen-bond acceptors (Lipinski definition) is 3. The zero-order valence-electron chi connectivity index (χ0n) is 10.6. The van der Waals surface area contributed by atoms with Crippen LogP contribution in [0.3, 0.4) is 0 Å². The van der Waals surface area contributed by atoms with Gasteiger partial charge in [0.2, 0.25) is 0 Å². The van der Waals surface area contributed by atoms with Crippen LogP contribution in [0.4, 0.5) is 0 Å². The summed E-state index contributed by atoms with van der Waals surface area (Å²) >= 11 is 0. The van der Waals surface area contributed by atoms with Gasteiger partial charge in [-0.15, -0.1) is 0 Å². The second-order valence-corrected chi connectivity index (χ2v) is 7.76. The van der Waals surface area contributed by atoms with Crippen molar-refractivity contribution in [2.45, 2.75) is 46.0 Å². The topological polar surface area (TPSA) is 46.2 Å². The number of hydrogen-bond donors (Lipinski definition) is 1. The average molecular weight is 247 g/mol. The van der Waals surface area contributed by atoms with Gasteiger partial charge >= 0.3 is 0 Å². The Morgan fingerprint density at radius 3 is 2.38 bits per heavy atom. The first-order valence-corrected chi connectivity index (χ1v) is 8.21. The molecule has 1 rings (SSSR count). The minimum Gasteiger partial charge on any atom is -0.315 e. The molecular formula is C12H25NO2S. The minimum atomic E-state index is -2.80. The standard InChI is InChI=1S/C12H25NO2S/c1-3-16(14,15)10-9-13-11-12(2)7-5-4-6-8-12/h13H,3-11H2,1-2H3. The molecule has 0 aromatic carbocycles. The van der Waals surface area contributed by atoms with Gasteiger partial charge in [0, 0.05) is 18.8 Å². The molecule has 0 spiro atoms. The minimum absolute atomic E-state index is 0.256. The van der Waals surface area contributed by atoms with E-state index in [0.717, 1.165) is 6.54 Å². The summed E-state index contributed by atoms with van der Waals surface area (Å²) < 4.78 is 22.6. The van der Waals surface area contributed by atoms with Crippen molar-refractivity contribution >= 4 is 9.84 Å². The van der Waals surface area contributed by atoms with Gasteiger partial charge in [0.25, 0.3) is 0 Å². The number of rotatable bonds is 6. The van der Waals surface area contributed by atoms with Gasteiger partial charge in [0.15, 0.2) is 9.84 Å². The fraction of sp³-hybridized carbons (Fsp3) is 1.00. The summed E-state index contributed by atoms with van der Waals surface area (Å²) in [6.07, 6.45) is 6.57. The maximum absolute atomic E-state index is 11.3. The lowest BCUT2D eigenvalue weighted by Gasteiger charge is -2.33. The molecular weight excluding hydrogens is 222 g/mol. The highest BCUT2D eigenvalue weighted by molar-refractivity contribution is 7.91. The third kappa shape index (κ3) is 4.83. The van der Waals surface area contributed by atoms with Crippen LogP contribution in [-0.4, -0.2) is 33.0 Å². The van der Waals surface area contributed by atoms with Crippen molar-refractivity contribution in [3.8, 4) is 0 Å². The molecule has 3 nitrogen and oxygen atoms in total. The molecule has 4 heteroatoms. The first-order chi connectivity index (χ1) is 7.47. The predicted octanol–water partition coefficient (Wildman–Crippen LogP) is 1.98. The van der Waals surface area contributed by atoms with Crippen LogP contribution in [0.1, 0.15) is 46.0 Å². The van der Waals surface area contributed by atoms with Gasteiger partial charge in [-0.3, -0.25) is 0 Å². The fourth-order valence-electron chi connectivity index (χ4n) is 2.34. The van der Waals surface area contributed by atoms with Crippen LogP contribution < -0.4 is 5.32 Å². The quantitative estimate of drug-likeness (QED) is 0.730. The molecule has 0 aliphatic heterocycles. The molecule has 1 fully saturated rings.